The number of thiocarbonyl (C=S) groups is 2. The van der Waals surface area contributed by atoms with Crippen LogP contribution in [0, 0.1) is 0 Å². The van der Waals surface area contributed by atoms with Gasteiger partial charge in [-0.1, -0.05) is 0 Å². The smallest absolute Gasteiger partial charge is 0.171 e. The van der Waals surface area contributed by atoms with Crippen molar-refractivity contribution >= 4 is 58.3 Å². The van der Waals surface area contributed by atoms with E-state index in [1.165, 1.54) is 0 Å². The van der Waals surface area contributed by atoms with E-state index >= 15 is 0 Å². The fraction of sp³-hybridized carbons (Fsp3) is 0.800. The molecule has 0 saturated carbocycles. The minimum absolute atomic E-state index is 0.426. The molecule has 2 fully saturated rings. The summed E-state index contributed by atoms with van der Waals surface area (Å²) in [7, 11) is 0. The zero-order valence-corrected chi connectivity index (χ0v) is 14.4. The Morgan fingerprint density at radius 2 is 1.05 bits per heavy atom. The Bertz CT molecular complexity index is 327. The highest BCUT2D eigenvalue weighted by Crippen LogP contribution is 2.17. The van der Waals surface area contributed by atoms with Gasteiger partial charge in [0.05, 0.1) is 26.4 Å². The van der Waals surface area contributed by atoms with Crippen molar-refractivity contribution in [2.45, 2.75) is 0 Å². The van der Waals surface area contributed by atoms with Gasteiger partial charge in [0.15, 0.2) is 8.64 Å². The molecule has 0 spiro atoms. The van der Waals surface area contributed by atoms with Crippen molar-refractivity contribution in [1.29, 1.82) is 0 Å². The maximum atomic E-state index is 5.37. The number of hydrazine groups is 3. The van der Waals surface area contributed by atoms with Crippen LogP contribution in [0.5, 0.6) is 0 Å². The number of nitrogens with zero attached hydrogens (tertiary/aromatic N) is 4. The second-order valence-electron chi connectivity index (χ2n) is 4.28. The standard InChI is InChI=1S/C10H18N4O2S4/c17-9(18)13(11-1-5-15-6-2-11)14(10(19)20)12-3-7-16-8-4-12/h1-8H2,(H,17,18)(H,19,20). The molecule has 0 aromatic rings. The molecule has 2 aliphatic rings. The van der Waals surface area contributed by atoms with Crippen molar-refractivity contribution in [1.82, 2.24) is 20.3 Å². The highest BCUT2D eigenvalue weighted by molar-refractivity contribution is 8.11. The van der Waals surface area contributed by atoms with Gasteiger partial charge in [0.2, 0.25) is 0 Å². The van der Waals surface area contributed by atoms with E-state index in [2.05, 4.69) is 35.3 Å². The fourth-order valence-corrected chi connectivity index (χ4v) is 2.94. The quantitative estimate of drug-likeness (QED) is 0.420. The van der Waals surface area contributed by atoms with E-state index in [-0.39, 0.29) is 0 Å². The van der Waals surface area contributed by atoms with Crippen LogP contribution in [0.3, 0.4) is 0 Å². The van der Waals surface area contributed by atoms with E-state index in [0.29, 0.717) is 35.1 Å². The van der Waals surface area contributed by atoms with Crippen molar-refractivity contribution < 1.29 is 9.47 Å². The van der Waals surface area contributed by atoms with Crippen LogP contribution in [0.4, 0.5) is 0 Å². The van der Waals surface area contributed by atoms with Crippen LogP contribution >= 0.6 is 49.7 Å². The molecule has 0 amide bonds. The topological polar surface area (TPSA) is 31.4 Å². The lowest BCUT2D eigenvalue weighted by molar-refractivity contribution is -0.213. The highest BCUT2D eigenvalue weighted by atomic mass is 32.1. The Balaban J connectivity index is 2.17. The summed E-state index contributed by atoms with van der Waals surface area (Å²) in [6.45, 7) is 5.56. The molecule has 0 aromatic carbocycles. The Kier molecular flexibility index (Phi) is 6.75. The van der Waals surface area contributed by atoms with Gasteiger partial charge in [0.25, 0.3) is 0 Å². The number of rotatable bonds is 2. The minimum Gasteiger partial charge on any atom is -0.379 e. The number of ether oxygens (including phenoxy) is 2. The summed E-state index contributed by atoms with van der Waals surface area (Å²) in [6.07, 6.45) is 0. The average molecular weight is 355 g/mol. The molecule has 0 radical (unpaired) electrons. The van der Waals surface area contributed by atoms with Gasteiger partial charge in [-0.25, -0.2) is 0 Å². The van der Waals surface area contributed by atoms with Gasteiger partial charge in [-0.3, -0.25) is 0 Å². The third-order valence-corrected chi connectivity index (χ3v) is 3.72. The number of thiol groups is 2. The molecule has 2 aliphatic heterocycles. The second-order valence-corrected chi connectivity index (χ2v) is 6.50. The van der Waals surface area contributed by atoms with Crippen molar-refractivity contribution in [3.05, 3.63) is 0 Å². The van der Waals surface area contributed by atoms with Gasteiger partial charge in [-0.15, -0.1) is 25.3 Å². The van der Waals surface area contributed by atoms with Gasteiger partial charge in [-0.05, 0) is 24.4 Å². The van der Waals surface area contributed by atoms with E-state index in [9.17, 15) is 0 Å². The van der Waals surface area contributed by atoms with E-state index < -0.39 is 0 Å². The monoisotopic (exact) mass is 354 g/mol. The average Bonchev–Trinajstić information content (AvgIpc) is 2.45. The van der Waals surface area contributed by atoms with E-state index in [0.717, 1.165) is 26.2 Å². The third kappa shape index (κ3) is 4.17. The summed E-state index contributed by atoms with van der Waals surface area (Å²) in [5.74, 6) is 0. The predicted octanol–water partition coefficient (Wildman–Crippen LogP) is 0.429. The van der Waals surface area contributed by atoms with Crippen LogP contribution in [-0.2, 0) is 9.47 Å². The van der Waals surface area contributed by atoms with Crippen LogP contribution in [-0.4, -0.2) is 81.5 Å². The first-order valence-electron chi connectivity index (χ1n) is 6.32. The molecule has 0 atom stereocenters. The molecule has 0 bridgehead atoms. The summed E-state index contributed by atoms with van der Waals surface area (Å²) in [6, 6.07) is 0. The molecule has 6 nitrogen and oxygen atoms in total. The minimum atomic E-state index is 0.426. The highest BCUT2D eigenvalue weighted by Gasteiger charge is 2.31. The lowest BCUT2D eigenvalue weighted by Crippen LogP contribution is -2.64. The first-order chi connectivity index (χ1) is 9.61. The molecule has 0 unspecified atom stereocenters. The largest absolute Gasteiger partial charge is 0.379 e. The Hall–Kier alpha value is 0.320. The van der Waals surface area contributed by atoms with Crippen molar-refractivity contribution in [2.75, 3.05) is 52.6 Å². The molecule has 10 heteroatoms. The van der Waals surface area contributed by atoms with Crippen molar-refractivity contribution in [3.8, 4) is 0 Å². The maximum absolute atomic E-state index is 5.37. The molecule has 20 heavy (non-hydrogen) atoms. The molecule has 2 saturated heterocycles. The molecule has 0 aliphatic carbocycles. The number of morpholine rings is 2. The predicted molar refractivity (Wildman–Crippen MR) is 91.6 cm³/mol. The summed E-state index contributed by atoms with van der Waals surface area (Å²) in [5, 5.41) is 7.72. The Morgan fingerprint density at radius 3 is 1.30 bits per heavy atom. The Morgan fingerprint density at radius 1 is 0.750 bits per heavy atom. The van der Waals surface area contributed by atoms with Gasteiger partial charge in [-0.2, -0.15) is 20.3 Å². The molecule has 0 N–H and O–H groups in total. The summed E-state index contributed by atoms with van der Waals surface area (Å²) < 4.78 is 11.6. The lowest BCUT2D eigenvalue weighted by Gasteiger charge is -2.48. The molecule has 2 heterocycles. The van der Waals surface area contributed by atoms with Crippen LogP contribution < -0.4 is 0 Å². The molecular weight excluding hydrogens is 336 g/mol. The van der Waals surface area contributed by atoms with Gasteiger partial charge >= 0.3 is 0 Å². The third-order valence-electron chi connectivity index (χ3n) is 3.03. The summed E-state index contributed by atoms with van der Waals surface area (Å²) in [4.78, 5) is 0. The number of hydrogen-bond acceptors (Lipinski definition) is 6. The number of hydrogen-bond donors (Lipinski definition) is 2. The molecule has 114 valence electrons. The maximum Gasteiger partial charge on any atom is 0.171 e. The van der Waals surface area contributed by atoms with Crippen LogP contribution in [0.2, 0.25) is 0 Å². The second kappa shape index (κ2) is 8.08. The lowest BCUT2D eigenvalue weighted by atomic mass is 10.5. The van der Waals surface area contributed by atoms with Crippen LogP contribution in [0.15, 0.2) is 0 Å². The van der Waals surface area contributed by atoms with E-state index in [1.54, 1.807) is 10.2 Å². The van der Waals surface area contributed by atoms with Gasteiger partial charge in [0.1, 0.15) is 0 Å². The zero-order valence-electron chi connectivity index (χ0n) is 11.0. The van der Waals surface area contributed by atoms with Crippen LogP contribution in [0.25, 0.3) is 0 Å². The van der Waals surface area contributed by atoms with Crippen LogP contribution in [0.1, 0.15) is 0 Å². The fourth-order valence-electron chi connectivity index (χ4n) is 2.13. The summed E-state index contributed by atoms with van der Waals surface area (Å²) >= 11 is 19.2. The Labute approximate surface area is 140 Å². The van der Waals surface area contributed by atoms with E-state index in [1.807, 2.05) is 0 Å². The van der Waals surface area contributed by atoms with Gasteiger partial charge in [0, 0.05) is 26.2 Å². The van der Waals surface area contributed by atoms with E-state index in [4.69, 9.17) is 33.9 Å². The SMILES string of the molecule is S=C(S)N(N1CCOCC1)N(C(=S)S)N1CCOCC1. The summed E-state index contributed by atoms with van der Waals surface area (Å²) in [5.41, 5.74) is 0. The molecule has 0 aromatic heterocycles. The van der Waals surface area contributed by atoms with Crippen molar-refractivity contribution in [2.24, 2.45) is 0 Å². The van der Waals surface area contributed by atoms with Crippen molar-refractivity contribution in [3.63, 3.8) is 0 Å². The van der Waals surface area contributed by atoms with Gasteiger partial charge < -0.3 is 9.47 Å². The molecule has 2 rings (SSSR count). The zero-order chi connectivity index (χ0) is 14.5. The first kappa shape index (κ1) is 16.7. The first-order valence-corrected chi connectivity index (χ1v) is 8.03. The molecular formula is C10H18N4O2S4. The normalized spacial score (nSPS) is 21.5.